The highest BCUT2D eigenvalue weighted by molar-refractivity contribution is 6.05. The molecule has 2 N–H and O–H groups in total. The number of fused-ring (bicyclic) bond motifs is 1. The predicted octanol–water partition coefficient (Wildman–Crippen LogP) is 3.58. The number of nitrogens with one attached hydrogen (secondary N) is 1. The second kappa shape index (κ2) is 5.78. The van der Waals surface area contributed by atoms with Crippen LogP contribution in [0.4, 0.5) is 5.69 Å². The largest absolute Gasteiger partial charge is 0.374 e. The number of allylic oxidation sites excluding steroid dienone is 1. The van der Waals surface area contributed by atoms with Crippen molar-refractivity contribution in [3.63, 3.8) is 0 Å². The van der Waals surface area contributed by atoms with E-state index in [4.69, 9.17) is 0 Å². The average molecular weight is 293 g/mol. The van der Waals surface area contributed by atoms with E-state index in [1.165, 1.54) is 0 Å². The fourth-order valence-electron chi connectivity index (χ4n) is 3.00. The maximum atomic E-state index is 12.5. The zero-order valence-electron chi connectivity index (χ0n) is 12.5. The van der Waals surface area contributed by atoms with Crippen LogP contribution < -0.4 is 5.32 Å². The number of aliphatic hydroxyl groups is 1. The Balaban J connectivity index is 2.15. The number of anilines is 1. The molecule has 0 bridgehead atoms. The van der Waals surface area contributed by atoms with E-state index in [2.05, 4.69) is 5.32 Å². The minimum Gasteiger partial charge on any atom is -0.374 e. The van der Waals surface area contributed by atoms with Crippen molar-refractivity contribution in [3.05, 3.63) is 77.9 Å². The molecule has 2 aromatic rings. The molecule has 0 fully saturated rings. The van der Waals surface area contributed by atoms with Gasteiger partial charge in [0.1, 0.15) is 0 Å². The molecule has 0 aliphatic carbocycles. The molecule has 112 valence electrons. The minimum absolute atomic E-state index is 0.372. The molecule has 3 rings (SSSR count). The quantitative estimate of drug-likeness (QED) is 0.847. The number of para-hydroxylation sites is 1. The molecule has 1 aliphatic rings. The van der Waals surface area contributed by atoms with Gasteiger partial charge < -0.3 is 10.4 Å². The van der Waals surface area contributed by atoms with Crippen LogP contribution in [-0.4, -0.2) is 11.0 Å². The second-order valence-corrected chi connectivity index (χ2v) is 5.49. The van der Waals surface area contributed by atoms with Crippen LogP contribution in [-0.2, 0) is 10.4 Å². The van der Waals surface area contributed by atoms with E-state index in [1.54, 1.807) is 0 Å². The molecule has 3 nitrogen and oxygen atoms in total. The first-order chi connectivity index (χ1) is 10.7. The molecule has 2 atom stereocenters. The maximum absolute atomic E-state index is 12.5. The molecule has 1 amide bonds. The van der Waals surface area contributed by atoms with Gasteiger partial charge in [-0.2, -0.15) is 0 Å². The van der Waals surface area contributed by atoms with Gasteiger partial charge >= 0.3 is 0 Å². The molecular weight excluding hydrogens is 274 g/mol. The van der Waals surface area contributed by atoms with E-state index in [1.807, 2.05) is 73.7 Å². The van der Waals surface area contributed by atoms with Gasteiger partial charge in [0, 0.05) is 17.2 Å². The standard InChI is InChI=1S/C19H19NO2/c1-2-3-11-15(14-9-5-4-6-10-14)19(22)16-12-7-8-13-17(16)20-18(19)21/h3-13,15,22H,2H2,1H3,(H,20,21)/b11-3+/t15-,19+/m0/s1. The van der Waals surface area contributed by atoms with Crippen LogP contribution >= 0.6 is 0 Å². The third-order valence-electron chi connectivity index (χ3n) is 4.11. The second-order valence-electron chi connectivity index (χ2n) is 5.49. The highest BCUT2D eigenvalue weighted by Gasteiger charge is 2.50. The van der Waals surface area contributed by atoms with Gasteiger partial charge in [-0.25, -0.2) is 0 Å². The third kappa shape index (κ3) is 2.24. The summed E-state index contributed by atoms with van der Waals surface area (Å²) in [6.45, 7) is 2.03. The van der Waals surface area contributed by atoms with Crippen LogP contribution in [0.5, 0.6) is 0 Å². The molecule has 0 spiro atoms. The van der Waals surface area contributed by atoms with Gasteiger partial charge in [-0.3, -0.25) is 4.79 Å². The van der Waals surface area contributed by atoms with E-state index in [-0.39, 0.29) is 5.91 Å². The van der Waals surface area contributed by atoms with Gasteiger partial charge in [0.05, 0.1) is 0 Å². The first-order valence-electron chi connectivity index (χ1n) is 7.53. The summed E-state index contributed by atoms with van der Waals surface area (Å²) in [6, 6.07) is 17.0. The zero-order chi connectivity index (χ0) is 15.6. The molecule has 0 aromatic heterocycles. The number of hydrogen-bond acceptors (Lipinski definition) is 2. The summed E-state index contributed by atoms with van der Waals surface area (Å²) in [5, 5.41) is 14.1. The van der Waals surface area contributed by atoms with Crippen LogP contribution in [0.3, 0.4) is 0 Å². The Hall–Kier alpha value is -2.39. The smallest absolute Gasteiger partial charge is 0.262 e. The number of rotatable bonds is 4. The van der Waals surface area contributed by atoms with Crippen molar-refractivity contribution in [3.8, 4) is 0 Å². The topological polar surface area (TPSA) is 49.3 Å². The van der Waals surface area contributed by atoms with E-state index in [9.17, 15) is 9.90 Å². The zero-order valence-corrected chi connectivity index (χ0v) is 12.5. The summed E-state index contributed by atoms with van der Waals surface area (Å²) in [5.74, 6) is -0.791. The van der Waals surface area contributed by atoms with Gasteiger partial charge in [0.25, 0.3) is 5.91 Å². The SMILES string of the molecule is CC/C=C/[C@@H](c1ccccc1)[C@]1(O)C(=O)Nc2ccccc21. The normalized spacial score (nSPS) is 21.6. The number of benzene rings is 2. The molecule has 1 heterocycles. The Morgan fingerprint density at radius 2 is 1.82 bits per heavy atom. The summed E-state index contributed by atoms with van der Waals surface area (Å²) < 4.78 is 0. The third-order valence-corrected chi connectivity index (χ3v) is 4.11. The van der Waals surface area contributed by atoms with Crippen molar-refractivity contribution in [2.45, 2.75) is 24.9 Å². The van der Waals surface area contributed by atoms with Gasteiger partial charge in [0.15, 0.2) is 5.60 Å². The van der Waals surface area contributed by atoms with E-state index >= 15 is 0 Å². The van der Waals surface area contributed by atoms with Crippen molar-refractivity contribution in [2.75, 3.05) is 5.32 Å². The Bertz CT molecular complexity index is 708. The number of carbonyl (C=O) groups excluding carboxylic acids is 1. The molecule has 0 radical (unpaired) electrons. The number of hydrogen-bond donors (Lipinski definition) is 2. The van der Waals surface area contributed by atoms with Crippen molar-refractivity contribution in [2.24, 2.45) is 0 Å². The van der Waals surface area contributed by atoms with Crippen LogP contribution in [0.2, 0.25) is 0 Å². The van der Waals surface area contributed by atoms with Crippen LogP contribution in [0, 0.1) is 0 Å². The minimum atomic E-state index is -1.58. The first kappa shape index (κ1) is 14.5. The van der Waals surface area contributed by atoms with Gasteiger partial charge in [0.2, 0.25) is 0 Å². The highest BCUT2D eigenvalue weighted by atomic mass is 16.3. The van der Waals surface area contributed by atoms with Crippen LogP contribution in [0.15, 0.2) is 66.7 Å². The monoisotopic (exact) mass is 293 g/mol. The van der Waals surface area contributed by atoms with Crippen molar-refractivity contribution in [1.82, 2.24) is 0 Å². The van der Waals surface area contributed by atoms with Gasteiger partial charge in [-0.15, -0.1) is 0 Å². The lowest BCUT2D eigenvalue weighted by Crippen LogP contribution is -2.39. The Labute approximate surface area is 130 Å². The Kier molecular flexibility index (Phi) is 3.82. The molecule has 3 heteroatoms. The predicted molar refractivity (Wildman–Crippen MR) is 87.6 cm³/mol. The lowest BCUT2D eigenvalue weighted by molar-refractivity contribution is -0.134. The van der Waals surface area contributed by atoms with Gasteiger partial charge in [-0.1, -0.05) is 67.6 Å². The van der Waals surface area contributed by atoms with E-state index < -0.39 is 11.5 Å². The van der Waals surface area contributed by atoms with Crippen molar-refractivity contribution >= 4 is 11.6 Å². The maximum Gasteiger partial charge on any atom is 0.262 e. The Morgan fingerprint density at radius 3 is 2.55 bits per heavy atom. The molecule has 0 saturated carbocycles. The molecule has 0 saturated heterocycles. The fraction of sp³-hybridized carbons (Fsp3) is 0.211. The van der Waals surface area contributed by atoms with Crippen molar-refractivity contribution < 1.29 is 9.90 Å². The fourth-order valence-corrected chi connectivity index (χ4v) is 3.00. The first-order valence-corrected chi connectivity index (χ1v) is 7.53. The molecule has 2 aromatic carbocycles. The van der Waals surface area contributed by atoms with Crippen LogP contribution in [0.1, 0.15) is 30.4 Å². The average Bonchev–Trinajstić information content (AvgIpc) is 2.81. The van der Waals surface area contributed by atoms with E-state index in [0.717, 1.165) is 12.0 Å². The van der Waals surface area contributed by atoms with Gasteiger partial charge in [-0.05, 0) is 18.1 Å². The van der Waals surface area contributed by atoms with E-state index in [0.29, 0.717) is 11.3 Å². The molecule has 0 unspecified atom stereocenters. The summed E-state index contributed by atoms with van der Waals surface area (Å²) >= 11 is 0. The van der Waals surface area contributed by atoms with Crippen LogP contribution in [0.25, 0.3) is 0 Å². The van der Waals surface area contributed by atoms with Crippen molar-refractivity contribution in [1.29, 1.82) is 0 Å². The lowest BCUT2D eigenvalue weighted by atomic mass is 9.77. The number of amides is 1. The lowest BCUT2D eigenvalue weighted by Gasteiger charge is -2.29. The highest BCUT2D eigenvalue weighted by Crippen LogP contribution is 2.45. The summed E-state index contributed by atoms with van der Waals surface area (Å²) in [5.41, 5.74) is 0.654. The number of carbonyl (C=O) groups is 1. The molecule has 22 heavy (non-hydrogen) atoms. The summed E-state index contributed by atoms with van der Waals surface area (Å²) in [7, 11) is 0. The molecular formula is C19H19NO2. The summed E-state index contributed by atoms with van der Waals surface area (Å²) in [6.07, 6.45) is 4.77. The summed E-state index contributed by atoms with van der Waals surface area (Å²) in [4.78, 5) is 12.5. The molecule has 1 aliphatic heterocycles. The Morgan fingerprint density at radius 1 is 1.14 bits per heavy atom.